The van der Waals surface area contributed by atoms with Crippen LogP contribution in [0.5, 0.6) is 11.5 Å². The summed E-state index contributed by atoms with van der Waals surface area (Å²) in [5.74, 6) is -0.249. The van der Waals surface area contributed by atoms with Gasteiger partial charge >= 0.3 is 5.97 Å². The maximum atomic E-state index is 12.3. The molecule has 1 atom stereocenters. The van der Waals surface area contributed by atoms with E-state index < -0.39 is 12.1 Å². The van der Waals surface area contributed by atoms with Crippen molar-refractivity contribution in [2.75, 3.05) is 6.79 Å². The molecule has 0 aliphatic carbocycles. The molecule has 2 aromatic carbocycles. The number of benzene rings is 2. The van der Waals surface area contributed by atoms with E-state index in [1.165, 1.54) is 19.1 Å². The molecule has 2 aromatic rings. The van der Waals surface area contributed by atoms with Gasteiger partial charge in [-0.25, -0.2) is 4.79 Å². The Morgan fingerprint density at radius 1 is 1.08 bits per heavy atom. The van der Waals surface area contributed by atoms with Gasteiger partial charge in [-0.3, -0.25) is 4.79 Å². The first-order valence-corrected chi connectivity index (χ1v) is 7.81. The third-order valence-corrected chi connectivity index (χ3v) is 3.98. The summed E-state index contributed by atoms with van der Waals surface area (Å²) in [4.78, 5) is 24.5. The summed E-state index contributed by atoms with van der Waals surface area (Å²) in [6.45, 7) is 1.54. The molecule has 124 valence electrons. The second-order valence-corrected chi connectivity index (χ2v) is 5.95. The fraction of sp³-hybridized carbons (Fsp3) is 0.176. The highest BCUT2D eigenvalue weighted by molar-refractivity contribution is 6.32. The first-order valence-electron chi connectivity index (χ1n) is 7.05. The van der Waals surface area contributed by atoms with Gasteiger partial charge in [-0.15, -0.1) is 0 Å². The Hall–Kier alpha value is -2.24. The van der Waals surface area contributed by atoms with E-state index in [4.69, 9.17) is 37.4 Å². The number of hydrogen-bond donors (Lipinski definition) is 0. The molecule has 7 heteroatoms. The molecule has 5 nitrogen and oxygen atoms in total. The second-order valence-electron chi connectivity index (χ2n) is 5.11. The van der Waals surface area contributed by atoms with Crippen molar-refractivity contribution in [2.45, 2.75) is 13.0 Å². The number of rotatable bonds is 4. The first-order chi connectivity index (χ1) is 11.5. The molecular formula is C17H12Cl2O5. The number of hydrogen-bond acceptors (Lipinski definition) is 5. The summed E-state index contributed by atoms with van der Waals surface area (Å²) in [6.07, 6.45) is -0.956. The number of halogens is 2. The minimum absolute atomic E-state index is 0.0407. The van der Waals surface area contributed by atoms with E-state index in [1.807, 2.05) is 0 Å². The van der Waals surface area contributed by atoms with Crippen LogP contribution in [-0.2, 0) is 4.74 Å². The monoisotopic (exact) mass is 366 g/mol. The lowest BCUT2D eigenvalue weighted by atomic mass is 10.1. The van der Waals surface area contributed by atoms with Gasteiger partial charge in [-0.2, -0.15) is 0 Å². The van der Waals surface area contributed by atoms with Crippen molar-refractivity contribution < 1.29 is 23.8 Å². The van der Waals surface area contributed by atoms with E-state index in [0.29, 0.717) is 22.1 Å². The van der Waals surface area contributed by atoms with Crippen LogP contribution < -0.4 is 9.47 Å². The number of ketones is 1. The number of carbonyl (C=O) groups is 2. The van der Waals surface area contributed by atoms with Crippen LogP contribution in [0.3, 0.4) is 0 Å². The van der Waals surface area contributed by atoms with E-state index in [0.717, 1.165) is 0 Å². The molecule has 3 rings (SSSR count). The third kappa shape index (κ3) is 3.32. The molecule has 0 unspecified atom stereocenters. The van der Waals surface area contributed by atoms with Crippen molar-refractivity contribution in [3.05, 3.63) is 57.6 Å². The fourth-order valence-electron chi connectivity index (χ4n) is 2.22. The summed E-state index contributed by atoms with van der Waals surface area (Å²) < 4.78 is 15.6. The van der Waals surface area contributed by atoms with E-state index in [9.17, 15) is 9.59 Å². The van der Waals surface area contributed by atoms with Crippen molar-refractivity contribution in [3.8, 4) is 11.5 Å². The normalized spacial score (nSPS) is 13.5. The number of carbonyl (C=O) groups excluding carboxylic acids is 2. The molecule has 0 amide bonds. The van der Waals surface area contributed by atoms with Gasteiger partial charge in [-0.1, -0.05) is 23.2 Å². The summed E-state index contributed by atoms with van der Waals surface area (Å²) >= 11 is 11.8. The van der Waals surface area contributed by atoms with Gasteiger partial charge in [0, 0.05) is 10.6 Å². The van der Waals surface area contributed by atoms with Crippen molar-refractivity contribution >= 4 is 35.0 Å². The minimum Gasteiger partial charge on any atom is -0.454 e. The lowest BCUT2D eigenvalue weighted by Gasteiger charge is -2.13. The minimum atomic E-state index is -0.956. The zero-order valence-corrected chi connectivity index (χ0v) is 14.1. The van der Waals surface area contributed by atoms with Crippen molar-refractivity contribution in [1.29, 1.82) is 0 Å². The van der Waals surface area contributed by atoms with E-state index in [-0.39, 0.29) is 23.2 Å². The van der Waals surface area contributed by atoms with Crippen molar-refractivity contribution in [3.63, 3.8) is 0 Å². The van der Waals surface area contributed by atoms with Gasteiger partial charge in [-0.05, 0) is 43.3 Å². The lowest BCUT2D eigenvalue weighted by Crippen LogP contribution is -2.24. The Bertz CT molecular complexity index is 801. The largest absolute Gasteiger partial charge is 0.454 e. The molecule has 0 bridgehead atoms. The maximum absolute atomic E-state index is 12.3. The number of esters is 1. The highest BCUT2D eigenvalue weighted by atomic mass is 35.5. The molecule has 0 radical (unpaired) electrons. The quantitative estimate of drug-likeness (QED) is 0.600. The number of Topliss-reactive ketones (excluding diaryl/α,β-unsaturated/α-hetero) is 1. The smallest absolute Gasteiger partial charge is 0.339 e. The van der Waals surface area contributed by atoms with Crippen LogP contribution >= 0.6 is 23.2 Å². The SMILES string of the molecule is C[C@@H](OC(=O)c1cc(Cl)c2c(c1)OCO2)C(=O)c1ccc(Cl)cc1. The van der Waals surface area contributed by atoms with E-state index in [2.05, 4.69) is 0 Å². The highest BCUT2D eigenvalue weighted by Crippen LogP contribution is 2.40. The summed E-state index contributed by atoms with van der Waals surface area (Å²) in [6, 6.07) is 9.23. The van der Waals surface area contributed by atoms with Crippen LogP contribution in [0.1, 0.15) is 27.6 Å². The molecule has 0 saturated carbocycles. The third-order valence-electron chi connectivity index (χ3n) is 3.44. The molecule has 1 heterocycles. The molecule has 1 aliphatic rings. The van der Waals surface area contributed by atoms with Gasteiger partial charge in [0.05, 0.1) is 10.6 Å². The summed E-state index contributed by atoms with van der Waals surface area (Å²) in [5, 5.41) is 0.764. The first kappa shape index (κ1) is 16.6. The van der Waals surface area contributed by atoms with Gasteiger partial charge in [0.1, 0.15) is 0 Å². The molecule has 0 saturated heterocycles. The number of ether oxygens (including phenoxy) is 3. The average molecular weight is 367 g/mol. The Morgan fingerprint density at radius 3 is 2.50 bits per heavy atom. The summed E-state index contributed by atoms with van der Waals surface area (Å²) in [7, 11) is 0. The zero-order chi connectivity index (χ0) is 17.3. The highest BCUT2D eigenvalue weighted by Gasteiger charge is 2.24. The molecule has 24 heavy (non-hydrogen) atoms. The predicted octanol–water partition coefficient (Wildman–Crippen LogP) is 4.15. The van der Waals surface area contributed by atoms with E-state index >= 15 is 0 Å². The fourth-order valence-corrected chi connectivity index (χ4v) is 2.61. The van der Waals surface area contributed by atoms with Gasteiger partial charge < -0.3 is 14.2 Å². The molecule has 0 fully saturated rings. The molecule has 1 aliphatic heterocycles. The maximum Gasteiger partial charge on any atom is 0.339 e. The van der Waals surface area contributed by atoms with Gasteiger partial charge in [0.15, 0.2) is 17.6 Å². The topological polar surface area (TPSA) is 61.8 Å². The zero-order valence-electron chi connectivity index (χ0n) is 12.5. The predicted molar refractivity (Wildman–Crippen MR) is 88.2 cm³/mol. The van der Waals surface area contributed by atoms with Crippen molar-refractivity contribution in [1.82, 2.24) is 0 Å². The molecule has 0 aromatic heterocycles. The molecular weight excluding hydrogens is 355 g/mol. The average Bonchev–Trinajstić information content (AvgIpc) is 3.04. The van der Waals surface area contributed by atoms with Crippen molar-refractivity contribution in [2.24, 2.45) is 0 Å². The van der Waals surface area contributed by atoms with Crippen LogP contribution in [-0.4, -0.2) is 24.6 Å². The lowest BCUT2D eigenvalue weighted by molar-refractivity contribution is 0.0318. The van der Waals surface area contributed by atoms with Crippen LogP contribution in [0, 0.1) is 0 Å². The van der Waals surface area contributed by atoms with Crippen LogP contribution in [0.4, 0.5) is 0 Å². The molecule has 0 spiro atoms. The van der Waals surface area contributed by atoms with E-state index in [1.54, 1.807) is 24.3 Å². The Kier molecular flexibility index (Phi) is 4.64. The Morgan fingerprint density at radius 2 is 1.79 bits per heavy atom. The number of fused-ring (bicyclic) bond motifs is 1. The second kappa shape index (κ2) is 6.71. The van der Waals surface area contributed by atoms with Gasteiger partial charge in [0.25, 0.3) is 0 Å². The molecule has 0 N–H and O–H groups in total. The Balaban J connectivity index is 1.73. The van der Waals surface area contributed by atoms with Crippen LogP contribution in [0.2, 0.25) is 10.0 Å². The summed E-state index contributed by atoms with van der Waals surface area (Å²) in [5.41, 5.74) is 0.587. The van der Waals surface area contributed by atoms with Crippen LogP contribution in [0.25, 0.3) is 0 Å². The Labute approximate surface area is 148 Å². The standard InChI is InChI=1S/C17H12Cl2O5/c1-9(15(20)10-2-4-12(18)5-3-10)24-17(21)11-6-13(19)16-14(7-11)22-8-23-16/h2-7,9H,8H2,1H3/t9-/m1/s1. The van der Waals surface area contributed by atoms with Crippen LogP contribution in [0.15, 0.2) is 36.4 Å². The van der Waals surface area contributed by atoms with Gasteiger partial charge in [0.2, 0.25) is 12.6 Å².